The molecule has 0 N–H and O–H groups in total. The number of hydrogen-bond acceptors (Lipinski definition) is 4. The van der Waals surface area contributed by atoms with E-state index in [-0.39, 0.29) is 17.8 Å². The third kappa shape index (κ3) is 4.05. The number of amides is 1. The molecule has 19 heavy (non-hydrogen) atoms. The van der Waals surface area contributed by atoms with Crippen molar-refractivity contribution in [2.45, 2.75) is 32.3 Å². The van der Waals surface area contributed by atoms with Crippen molar-refractivity contribution >= 4 is 11.7 Å². The van der Waals surface area contributed by atoms with Gasteiger partial charge in [0.1, 0.15) is 11.9 Å². The highest BCUT2D eigenvalue weighted by Crippen LogP contribution is 2.17. The van der Waals surface area contributed by atoms with E-state index >= 15 is 0 Å². The van der Waals surface area contributed by atoms with Crippen molar-refractivity contribution in [2.24, 2.45) is 0 Å². The number of ketones is 1. The van der Waals surface area contributed by atoms with Gasteiger partial charge >= 0.3 is 0 Å². The predicted octanol–water partition coefficient (Wildman–Crippen LogP) is 1.43. The minimum Gasteiger partial charge on any atom is -0.472 e. The zero-order valence-corrected chi connectivity index (χ0v) is 11.0. The van der Waals surface area contributed by atoms with Crippen molar-refractivity contribution < 1.29 is 14.3 Å². The molecule has 1 saturated heterocycles. The third-order valence-corrected chi connectivity index (χ3v) is 3.11. The average Bonchev–Trinajstić information content (AvgIpc) is 2.85. The Labute approximate surface area is 112 Å². The van der Waals surface area contributed by atoms with Crippen LogP contribution in [0.5, 0.6) is 5.88 Å². The first kappa shape index (κ1) is 13.5. The largest absolute Gasteiger partial charge is 0.472 e. The zero-order valence-electron chi connectivity index (χ0n) is 11.0. The summed E-state index contributed by atoms with van der Waals surface area (Å²) in [5, 5.41) is 0. The Morgan fingerprint density at radius 1 is 1.42 bits per heavy atom. The van der Waals surface area contributed by atoms with Crippen molar-refractivity contribution in [3.05, 3.63) is 24.4 Å². The maximum absolute atomic E-state index is 11.9. The summed E-state index contributed by atoms with van der Waals surface area (Å²) in [5.41, 5.74) is 0. The monoisotopic (exact) mass is 262 g/mol. The number of nitrogens with zero attached hydrogens (tertiary/aromatic N) is 2. The van der Waals surface area contributed by atoms with E-state index in [9.17, 15) is 9.59 Å². The van der Waals surface area contributed by atoms with Crippen LogP contribution in [-0.2, 0) is 9.59 Å². The van der Waals surface area contributed by atoms with Gasteiger partial charge in [-0.25, -0.2) is 4.98 Å². The number of carbonyl (C=O) groups is 2. The highest BCUT2D eigenvalue weighted by atomic mass is 16.5. The Morgan fingerprint density at radius 2 is 2.26 bits per heavy atom. The quantitative estimate of drug-likeness (QED) is 0.805. The molecular weight excluding hydrogens is 244 g/mol. The molecule has 1 atom stereocenters. The summed E-state index contributed by atoms with van der Waals surface area (Å²) in [6, 6.07) is 5.51. The summed E-state index contributed by atoms with van der Waals surface area (Å²) in [6.07, 6.45) is 3.10. The first-order valence-corrected chi connectivity index (χ1v) is 6.50. The van der Waals surface area contributed by atoms with Crippen molar-refractivity contribution in [1.29, 1.82) is 0 Å². The van der Waals surface area contributed by atoms with Crippen LogP contribution in [-0.4, -0.2) is 40.8 Å². The summed E-state index contributed by atoms with van der Waals surface area (Å²) < 4.78 is 5.71. The average molecular weight is 262 g/mol. The van der Waals surface area contributed by atoms with Crippen LogP contribution in [0.15, 0.2) is 24.4 Å². The van der Waals surface area contributed by atoms with E-state index in [1.165, 1.54) is 6.92 Å². The maximum Gasteiger partial charge on any atom is 0.223 e. The Bertz CT molecular complexity index is 447. The van der Waals surface area contributed by atoms with Crippen LogP contribution in [0.2, 0.25) is 0 Å². The van der Waals surface area contributed by atoms with Gasteiger partial charge in [-0.3, -0.25) is 4.79 Å². The molecule has 0 spiro atoms. The number of carbonyl (C=O) groups excluding carboxylic acids is 2. The molecule has 0 radical (unpaired) electrons. The molecule has 1 fully saturated rings. The van der Waals surface area contributed by atoms with Crippen LogP contribution in [0.4, 0.5) is 0 Å². The summed E-state index contributed by atoms with van der Waals surface area (Å²) in [7, 11) is 0. The second-order valence-electron chi connectivity index (χ2n) is 4.74. The molecule has 1 aromatic rings. The molecule has 0 bridgehead atoms. The fourth-order valence-corrected chi connectivity index (χ4v) is 2.08. The van der Waals surface area contributed by atoms with E-state index in [0.717, 1.165) is 6.42 Å². The van der Waals surface area contributed by atoms with Gasteiger partial charge in [-0.05, 0) is 13.0 Å². The molecule has 0 saturated carbocycles. The minimum absolute atomic E-state index is 0.00354. The number of Topliss-reactive ketones (excluding diaryl/α,β-unsaturated/α-hetero) is 1. The lowest BCUT2D eigenvalue weighted by Crippen LogP contribution is -2.31. The number of hydrogen-bond donors (Lipinski definition) is 0. The molecule has 1 unspecified atom stereocenters. The molecule has 1 amide bonds. The van der Waals surface area contributed by atoms with Crippen molar-refractivity contribution in [1.82, 2.24) is 9.88 Å². The van der Waals surface area contributed by atoms with Gasteiger partial charge in [0.15, 0.2) is 0 Å². The van der Waals surface area contributed by atoms with Crippen LogP contribution < -0.4 is 4.74 Å². The Hall–Kier alpha value is -1.91. The van der Waals surface area contributed by atoms with Gasteiger partial charge in [0, 0.05) is 38.1 Å². The molecule has 102 valence electrons. The molecule has 5 heteroatoms. The number of aromatic nitrogens is 1. The normalized spacial score (nSPS) is 18.4. The van der Waals surface area contributed by atoms with Gasteiger partial charge in [-0.15, -0.1) is 0 Å². The van der Waals surface area contributed by atoms with Crippen LogP contribution >= 0.6 is 0 Å². The lowest BCUT2D eigenvalue weighted by atomic mass is 10.2. The second kappa shape index (κ2) is 6.31. The van der Waals surface area contributed by atoms with E-state index in [1.54, 1.807) is 17.2 Å². The second-order valence-corrected chi connectivity index (χ2v) is 4.74. The number of ether oxygens (including phenoxy) is 1. The number of rotatable bonds is 5. The van der Waals surface area contributed by atoms with E-state index < -0.39 is 0 Å². The molecule has 2 heterocycles. The van der Waals surface area contributed by atoms with Gasteiger partial charge in [0.05, 0.1) is 6.54 Å². The van der Waals surface area contributed by atoms with Gasteiger partial charge in [-0.1, -0.05) is 6.07 Å². The molecule has 1 aliphatic rings. The first-order valence-electron chi connectivity index (χ1n) is 6.50. The number of likely N-dealkylation sites (tertiary alicyclic amines) is 1. The van der Waals surface area contributed by atoms with Gasteiger partial charge in [0.25, 0.3) is 0 Å². The molecule has 0 aromatic carbocycles. The van der Waals surface area contributed by atoms with Gasteiger partial charge in [0.2, 0.25) is 11.8 Å². The molecule has 1 aromatic heterocycles. The minimum atomic E-state index is -0.00354. The summed E-state index contributed by atoms with van der Waals surface area (Å²) >= 11 is 0. The van der Waals surface area contributed by atoms with Gasteiger partial charge in [-0.2, -0.15) is 0 Å². The first-order chi connectivity index (χ1) is 9.15. The Balaban J connectivity index is 1.80. The zero-order chi connectivity index (χ0) is 13.7. The number of pyridine rings is 1. The van der Waals surface area contributed by atoms with Crippen molar-refractivity contribution in [3.8, 4) is 5.88 Å². The van der Waals surface area contributed by atoms with Crippen LogP contribution in [0, 0.1) is 0 Å². The van der Waals surface area contributed by atoms with Crippen molar-refractivity contribution in [2.75, 3.05) is 13.1 Å². The van der Waals surface area contributed by atoms with E-state index in [2.05, 4.69) is 4.98 Å². The van der Waals surface area contributed by atoms with Crippen molar-refractivity contribution in [3.63, 3.8) is 0 Å². The molecule has 5 nitrogen and oxygen atoms in total. The SMILES string of the molecule is CC(=O)CCC(=O)N1CCC(Oc2ccccn2)C1. The fraction of sp³-hybridized carbons (Fsp3) is 0.500. The Kier molecular flexibility index (Phi) is 4.49. The van der Waals surface area contributed by atoms with Crippen LogP contribution in [0.1, 0.15) is 26.2 Å². The predicted molar refractivity (Wildman–Crippen MR) is 69.8 cm³/mol. The van der Waals surface area contributed by atoms with E-state index in [4.69, 9.17) is 4.74 Å². The summed E-state index contributed by atoms with van der Waals surface area (Å²) in [5.74, 6) is 0.668. The Morgan fingerprint density at radius 3 is 2.95 bits per heavy atom. The van der Waals surface area contributed by atoms with E-state index in [1.807, 2.05) is 12.1 Å². The highest BCUT2D eigenvalue weighted by Gasteiger charge is 2.27. The molecule has 1 aliphatic heterocycles. The standard InChI is InChI=1S/C14H18N2O3/c1-11(17)5-6-14(18)16-9-7-12(10-16)19-13-4-2-3-8-15-13/h2-4,8,12H,5-7,9-10H2,1H3. The van der Waals surface area contributed by atoms with Crippen LogP contribution in [0.3, 0.4) is 0 Å². The highest BCUT2D eigenvalue weighted by molar-refractivity contribution is 5.83. The lowest BCUT2D eigenvalue weighted by molar-refractivity contribution is -0.132. The lowest BCUT2D eigenvalue weighted by Gasteiger charge is -2.16. The van der Waals surface area contributed by atoms with E-state index in [0.29, 0.717) is 31.8 Å². The molecule has 2 rings (SSSR count). The molecular formula is C14H18N2O3. The molecule has 0 aliphatic carbocycles. The van der Waals surface area contributed by atoms with Gasteiger partial charge < -0.3 is 14.4 Å². The summed E-state index contributed by atoms with van der Waals surface area (Å²) in [4.78, 5) is 28.6. The fourth-order valence-electron chi connectivity index (χ4n) is 2.08. The third-order valence-electron chi connectivity index (χ3n) is 3.11. The topological polar surface area (TPSA) is 59.5 Å². The summed E-state index contributed by atoms with van der Waals surface area (Å²) in [6.45, 7) is 2.77. The maximum atomic E-state index is 11.9. The van der Waals surface area contributed by atoms with Crippen LogP contribution in [0.25, 0.3) is 0 Å². The smallest absolute Gasteiger partial charge is 0.223 e.